The van der Waals surface area contributed by atoms with Crippen molar-refractivity contribution in [1.29, 1.82) is 0 Å². The summed E-state index contributed by atoms with van der Waals surface area (Å²) in [6.07, 6.45) is 3.25. The number of hydrogen-bond acceptors (Lipinski definition) is 4. The van der Waals surface area contributed by atoms with Gasteiger partial charge in [0.05, 0.1) is 22.7 Å². The quantitative estimate of drug-likeness (QED) is 0.863. The van der Waals surface area contributed by atoms with E-state index in [1.54, 1.807) is 24.0 Å². The summed E-state index contributed by atoms with van der Waals surface area (Å²) < 4.78 is 28.9. The summed E-state index contributed by atoms with van der Waals surface area (Å²) in [6, 6.07) is 7.20. The van der Waals surface area contributed by atoms with Gasteiger partial charge in [-0.1, -0.05) is 6.07 Å². The minimum Gasteiger partial charge on any atom is -0.478 e. The molecule has 3 rings (SSSR count). The van der Waals surface area contributed by atoms with Crippen molar-refractivity contribution in [3.63, 3.8) is 0 Å². The van der Waals surface area contributed by atoms with Crippen molar-refractivity contribution in [2.24, 2.45) is 7.05 Å². The van der Waals surface area contributed by atoms with Gasteiger partial charge in [0.2, 0.25) is 10.0 Å². The number of benzene rings is 1. The monoisotopic (exact) mass is 335 g/mol. The zero-order valence-corrected chi connectivity index (χ0v) is 13.4. The van der Waals surface area contributed by atoms with Gasteiger partial charge >= 0.3 is 5.97 Å². The summed E-state index contributed by atoms with van der Waals surface area (Å²) >= 11 is 0. The van der Waals surface area contributed by atoms with Gasteiger partial charge in [-0.2, -0.15) is 9.40 Å². The zero-order chi connectivity index (χ0) is 16.6. The highest BCUT2D eigenvalue weighted by atomic mass is 32.2. The predicted octanol–water partition coefficient (Wildman–Crippen LogP) is 1.47. The lowest BCUT2D eigenvalue weighted by atomic mass is 10.2. The first kappa shape index (κ1) is 15.7. The molecule has 1 N–H and O–H groups in total. The van der Waals surface area contributed by atoms with E-state index in [-0.39, 0.29) is 23.0 Å². The van der Waals surface area contributed by atoms with Crippen molar-refractivity contribution in [1.82, 2.24) is 14.1 Å². The highest BCUT2D eigenvalue weighted by Gasteiger charge is 2.38. The van der Waals surface area contributed by atoms with Gasteiger partial charge < -0.3 is 5.11 Å². The molecule has 0 radical (unpaired) electrons. The van der Waals surface area contributed by atoms with Crippen LogP contribution in [0.1, 0.15) is 28.9 Å². The molecule has 1 fully saturated rings. The third-order valence-electron chi connectivity index (χ3n) is 3.88. The highest BCUT2D eigenvalue weighted by molar-refractivity contribution is 7.89. The molecule has 1 aliphatic carbocycles. The molecule has 1 saturated carbocycles. The van der Waals surface area contributed by atoms with E-state index in [4.69, 9.17) is 5.11 Å². The van der Waals surface area contributed by atoms with Crippen molar-refractivity contribution in [3.05, 3.63) is 47.8 Å². The van der Waals surface area contributed by atoms with Crippen molar-refractivity contribution in [2.75, 3.05) is 0 Å². The number of carboxylic acid groups (broad SMARTS) is 1. The first-order chi connectivity index (χ1) is 10.9. The van der Waals surface area contributed by atoms with Gasteiger partial charge in [0, 0.05) is 19.3 Å². The Bertz CT molecular complexity index is 840. The molecule has 1 heterocycles. The molecule has 0 spiro atoms. The fourth-order valence-electron chi connectivity index (χ4n) is 2.41. The fourth-order valence-corrected chi connectivity index (χ4v) is 4.12. The lowest BCUT2D eigenvalue weighted by Gasteiger charge is -2.22. The van der Waals surface area contributed by atoms with Crippen molar-refractivity contribution in [3.8, 4) is 0 Å². The Hall–Kier alpha value is -2.19. The highest BCUT2D eigenvalue weighted by Crippen LogP contribution is 2.33. The van der Waals surface area contributed by atoms with Crippen LogP contribution < -0.4 is 0 Å². The second-order valence-corrected chi connectivity index (χ2v) is 7.45. The van der Waals surface area contributed by atoms with Crippen LogP contribution in [0.25, 0.3) is 0 Å². The van der Waals surface area contributed by atoms with Crippen LogP contribution in [0.3, 0.4) is 0 Å². The first-order valence-electron chi connectivity index (χ1n) is 7.21. The predicted molar refractivity (Wildman–Crippen MR) is 82.4 cm³/mol. The van der Waals surface area contributed by atoms with Crippen LogP contribution in [0.15, 0.2) is 41.4 Å². The van der Waals surface area contributed by atoms with E-state index in [1.165, 1.54) is 28.6 Å². The van der Waals surface area contributed by atoms with Gasteiger partial charge in [0.15, 0.2) is 0 Å². The third-order valence-corrected chi connectivity index (χ3v) is 5.78. The van der Waals surface area contributed by atoms with Gasteiger partial charge in [-0.15, -0.1) is 0 Å². The molecular weight excluding hydrogens is 318 g/mol. The SMILES string of the molecule is Cn1nccc1CN(C1CC1)S(=O)(=O)c1cccc(C(=O)O)c1. The molecule has 0 bridgehead atoms. The average molecular weight is 335 g/mol. The third kappa shape index (κ3) is 3.13. The van der Waals surface area contributed by atoms with Crippen molar-refractivity contribution < 1.29 is 18.3 Å². The van der Waals surface area contributed by atoms with Crippen LogP contribution in [-0.2, 0) is 23.6 Å². The van der Waals surface area contributed by atoms with E-state index in [1.807, 2.05) is 0 Å². The van der Waals surface area contributed by atoms with Gasteiger partial charge in [0.1, 0.15) is 0 Å². The van der Waals surface area contributed by atoms with E-state index < -0.39 is 16.0 Å². The van der Waals surface area contributed by atoms with Crippen LogP contribution in [-0.4, -0.2) is 39.6 Å². The summed E-state index contributed by atoms with van der Waals surface area (Å²) in [4.78, 5) is 11.1. The average Bonchev–Trinajstić information content (AvgIpc) is 3.27. The molecular formula is C15H17N3O4S. The topological polar surface area (TPSA) is 92.5 Å². The van der Waals surface area contributed by atoms with Crippen molar-refractivity contribution in [2.45, 2.75) is 30.3 Å². The molecule has 0 unspecified atom stereocenters. The molecule has 122 valence electrons. The molecule has 0 aliphatic heterocycles. The van der Waals surface area contributed by atoms with E-state index in [2.05, 4.69) is 5.10 Å². The smallest absolute Gasteiger partial charge is 0.335 e. The molecule has 1 aromatic heterocycles. The molecule has 0 saturated heterocycles. The number of nitrogens with zero attached hydrogens (tertiary/aromatic N) is 3. The molecule has 1 aliphatic rings. The maximum Gasteiger partial charge on any atom is 0.335 e. The normalized spacial score (nSPS) is 15.0. The summed E-state index contributed by atoms with van der Waals surface area (Å²) in [7, 11) is -2.00. The lowest BCUT2D eigenvalue weighted by Crippen LogP contribution is -2.33. The van der Waals surface area contributed by atoms with E-state index in [9.17, 15) is 13.2 Å². The summed E-state index contributed by atoms with van der Waals surface area (Å²) in [5.74, 6) is -1.15. The minimum absolute atomic E-state index is 0.00599. The summed E-state index contributed by atoms with van der Waals surface area (Å²) in [6.45, 7) is 0.223. The van der Waals surface area contributed by atoms with Gasteiger partial charge in [-0.25, -0.2) is 13.2 Å². The van der Waals surface area contributed by atoms with E-state index in [0.29, 0.717) is 0 Å². The number of rotatable bonds is 6. The molecule has 23 heavy (non-hydrogen) atoms. The lowest BCUT2D eigenvalue weighted by molar-refractivity contribution is 0.0696. The Kier molecular flexibility index (Phi) is 3.95. The number of sulfonamides is 1. The first-order valence-corrected chi connectivity index (χ1v) is 8.65. The maximum absolute atomic E-state index is 12.9. The van der Waals surface area contributed by atoms with Crippen molar-refractivity contribution >= 4 is 16.0 Å². The Morgan fingerprint density at radius 1 is 1.39 bits per heavy atom. The molecule has 1 aromatic carbocycles. The standard InChI is InChI=1S/C15H17N3O4S/c1-17-13(7-8-16-17)10-18(12-5-6-12)23(21,22)14-4-2-3-11(9-14)15(19)20/h2-4,7-9,12H,5-6,10H2,1H3,(H,19,20). The summed E-state index contributed by atoms with van der Waals surface area (Å²) in [5, 5.41) is 13.1. The van der Waals surface area contributed by atoms with Crippen LogP contribution >= 0.6 is 0 Å². The number of carboxylic acids is 1. The second-order valence-electron chi connectivity index (χ2n) is 5.56. The molecule has 0 atom stereocenters. The minimum atomic E-state index is -3.76. The number of aryl methyl sites for hydroxylation is 1. The number of aromatic carboxylic acids is 1. The van der Waals surface area contributed by atoms with Crippen LogP contribution in [0.4, 0.5) is 0 Å². The van der Waals surface area contributed by atoms with Gasteiger partial charge in [0.25, 0.3) is 0 Å². The zero-order valence-electron chi connectivity index (χ0n) is 12.6. The maximum atomic E-state index is 12.9. The summed E-state index contributed by atoms with van der Waals surface area (Å²) in [5.41, 5.74) is 0.747. The fraction of sp³-hybridized carbons (Fsp3) is 0.333. The molecule has 2 aromatic rings. The Balaban J connectivity index is 1.96. The van der Waals surface area contributed by atoms with Crippen LogP contribution in [0.2, 0.25) is 0 Å². The number of aromatic nitrogens is 2. The Morgan fingerprint density at radius 3 is 2.70 bits per heavy atom. The molecule has 8 heteroatoms. The number of hydrogen-bond donors (Lipinski definition) is 1. The molecule has 0 amide bonds. The Morgan fingerprint density at radius 2 is 2.13 bits per heavy atom. The van der Waals surface area contributed by atoms with Gasteiger partial charge in [-0.05, 0) is 37.1 Å². The van der Waals surface area contributed by atoms with E-state index >= 15 is 0 Å². The van der Waals surface area contributed by atoms with Crippen LogP contribution in [0.5, 0.6) is 0 Å². The molecule has 7 nitrogen and oxygen atoms in total. The second kappa shape index (κ2) is 5.78. The largest absolute Gasteiger partial charge is 0.478 e. The Labute approximate surface area is 134 Å². The van der Waals surface area contributed by atoms with Crippen LogP contribution in [0, 0.1) is 0 Å². The number of carbonyl (C=O) groups is 1. The van der Waals surface area contributed by atoms with E-state index in [0.717, 1.165) is 18.5 Å². The van der Waals surface area contributed by atoms with Gasteiger partial charge in [-0.3, -0.25) is 4.68 Å².